The molecule has 21 heavy (non-hydrogen) atoms. The fourth-order valence-electron chi connectivity index (χ4n) is 1.86. The van der Waals surface area contributed by atoms with Crippen LogP contribution < -0.4 is 21.3 Å². The van der Waals surface area contributed by atoms with Crippen LogP contribution in [0.3, 0.4) is 0 Å². The van der Waals surface area contributed by atoms with Crippen molar-refractivity contribution in [1.29, 1.82) is 0 Å². The summed E-state index contributed by atoms with van der Waals surface area (Å²) in [6.45, 7) is 8.99. The average molecular weight is 314 g/mol. The maximum absolute atomic E-state index is 5.51. The van der Waals surface area contributed by atoms with Gasteiger partial charge in [0.05, 0.1) is 6.10 Å². The first-order valence-electron chi connectivity index (χ1n) is 7.17. The van der Waals surface area contributed by atoms with Gasteiger partial charge < -0.3 is 10.1 Å². The van der Waals surface area contributed by atoms with E-state index in [1.165, 1.54) is 0 Å². The summed E-state index contributed by atoms with van der Waals surface area (Å²) in [4.78, 5) is 12.5. The Morgan fingerprint density at radius 1 is 1.19 bits per heavy atom. The molecule has 0 unspecified atom stereocenters. The van der Waals surface area contributed by atoms with Crippen molar-refractivity contribution in [3.05, 3.63) is 0 Å². The molecule has 0 fully saturated rings. The summed E-state index contributed by atoms with van der Waals surface area (Å²) in [6, 6.07) is 0.262. The largest absolute Gasteiger partial charge is 0.461 e. The van der Waals surface area contributed by atoms with Crippen LogP contribution in [0, 0.1) is 0 Å². The number of hydrazine groups is 1. The first-order chi connectivity index (χ1) is 9.98. The van der Waals surface area contributed by atoms with Gasteiger partial charge in [0, 0.05) is 11.3 Å². The van der Waals surface area contributed by atoms with E-state index in [1.54, 1.807) is 0 Å². The summed E-state index contributed by atoms with van der Waals surface area (Å²) < 4.78 is 5.67. The first kappa shape index (κ1) is 17.8. The molecule has 1 aromatic rings. The Labute approximate surface area is 130 Å². The maximum Gasteiger partial charge on any atom is 0.323 e. The van der Waals surface area contributed by atoms with E-state index in [1.807, 2.05) is 25.6 Å². The molecule has 0 aliphatic carbocycles. The van der Waals surface area contributed by atoms with E-state index < -0.39 is 0 Å². The number of hydrogen-bond acceptors (Lipinski definition) is 8. The van der Waals surface area contributed by atoms with E-state index in [4.69, 9.17) is 10.6 Å². The number of ether oxygens (including phenoxy) is 1. The van der Waals surface area contributed by atoms with E-state index in [-0.39, 0.29) is 22.8 Å². The van der Waals surface area contributed by atoms with Gasteiger partial charge in [0.1, 0.15) is 0 Å². The number of thioether (sulfide) groups is 1. The third-order valence-corrected chi connectivity index (χ3v) is 4.96. The van der Waals surface area contributed by atoms with Gasteiger partial charge in [0.15, 0.2) is 0 Å². The first-order valence-corrected chi connectivity index (χ1v) is 8.39. The molecule has 4 N–H and O–H groups in total. The monoisotopic (exact) mass is 314 g/mol. The lowest BCUT2D eigenvalue weighted by atomic mass is 10.0. The molecule has 0 amide bonds. The Kier molecular flexibility index (Phi) is 6.97. The summed E-state index contributed by atoms with van der Waals surface area (Å²) >= 11 is 1.86. The van der Waals surface area contributed by atoms with Crippen LogP contribution in [0.5, 0.6) is 6.01 Å². The van der Waals surface area contributed by atoms with Crippen molar-refractivity contribution in [2.75, 3.05) is 23.5 Å². The summed E-state index contributed by atoms with van der Waals surface area (Å²) in [5, 5.41) is 3.27. The number of rotatable bonds is 9. The van der Waals surface area contributed by atoms with Crippen LogP contribution in [0.15, 0.2) is 0 Å². The highest BCUT2D eigenvalue weighted by Crippen LogP contribution is 2.30. The standard InChI is InChI=1S/C13H26N6OS/c1-6-13(7-2,21-5)8-15-10-16-11(19-14)18-12(17-10)20-9(3)4/h9H,6-8,14H2,1-5H3,(H2,15,16,17,18,19). The maximum atomic E-state index is 5.51. The Morgan fingerprint density at radius 2 is 1.81 bits per heavy atom. The Bertz CT molecular complexity index is 430. The molecule has 1 aromatic heterocycles. The number of nitrogens with two attached hydrogens (primary N) is 1. The topological polar surface area (TPSA) is 98.0 Å². The van der Waals surface area contributed by atoms with Gasteiger partial charge in [-0.15, -0.1) is 0 Å². The van der Waals surface area contributed by atoms with Crippen molar-refractivity contribution in [3.63, 3.8) is 0 Å². The molecule has 1 heterocycles. The zero-order valence-corrected chi connectivity index (χ0v) is 14.3. The van der Waals surface area contributed by atoms with Gasteiger partial charge in [-0.25, -0.2) is 5.84 Å². The van der Waals surface area contributed by atoms with Gasteiger partial charge in [0.25, 0.3) is 0 Å². The second-order valence-corrected chi connectivity index (χ2v) is 6.30. The molecule has 0 aliphatic heterocycles. The van der Waals surface area contributed by atoms with Crippen LogP contribution in [0.4, 0.5) is 11.9 Å². The van der Waals surface area contributed by atoms with E-state index in [2.05, 4.69) is 45.8 Å². The minimum Gasteiger partial charge on any atom is -0.461 e. The van der Waals surface area contributed by atoms with Gasteiger partial charge in [-0.1, -0.05) is 13.8 Å². The van der Waals surface area contributed by atoms with Gasteiger partial charge in [-0.3, -0.25) is 5.43 Å². The molecule has 0 aromatic carbocycles. The van der Waals surface area contributed by atoms with Crippen molar-refractivity contribution in [2.45, 2.75) is 51.4 Å². The second kappa shape index (κ2) is 8.23. The number of nitrogens with one attached hydrogen (secondary N) is 2. The second-order valence-electron chi connectivity index (χ2n) is 5.02. The molecule has 8 heteroatoms. The van der Waals surface area contributed by atoms with Crippen LogP contribution >= 0.6 is 11.8 Å². The van der Waals surface area contributed by atoms with Crippen LogP contribution in [-0.2, 0) is 0 Å². The molecule has 1 rings (SSSR count). The molecule has 0 aliphatic rings. The molecule has 120 valence electrons. The molecule has 0 spiro atoms. The predicted molar refractivity (Wildman–Crippen MR) is 88.7 cm³/mol. The predicted octanol–water partition coefficient (Wildman–Crippen LogP) is 2.28. The molecule has 0 saturated heterocycles. The number of anilines is 2. The van der Waals surface area contributed by atoms with Crippen molar-refractivity contribution in [2.24, 2.45) is 5.84 Å². The number of hydrogen-bond donors (Lipinski definition) is 3. The van der Waals surface area contributed by atoms with Gasteiger partial charge >= 0.3 is 6.01 Å². The van der Waals surface area contributed by atoms with Crippen molar-refractivity contribution >= 4 is 23.7 Å². The minimum absolute atomic E-state index is 0.0116. The summed E-state index contributed by atoms with van der Waals surface area (Å²) in [6.07, 6.45) is 4.25. The third kappa shape index (κ3) is 5.20. The molecular formula is C13H26N6OS. The SMILES string of the molecule is CCC(CC)(CNc1nc(NN)nc(OC(C)C)n1)SC. The fraction of sp³-hybridized carbons (Fsp3) is 0.769. The molecular weight excluding hydrogens is 288 g/mol. The summed E-state index contributed by atoms with van der Waals surface area (Å²) in [5.74, 6) is 6.14. The van der Waals surface area contributed by atoms with Crippen molar-refractivity contribution in [1.82, 2.24) is 15.0 Å². The lowest BCUT2D eigenvalue weighted by molar-refractivity contribution is 0.222. The van der Waals surface area contributed by atoms with Crippen molar-refractivity contribution in [3.8, 4) is 6.01 Å². The average Bonchev–Trinajstić information content (AvgIpc) is 2.48. The Hall–Kier alpha value is -1.28. The Morgan fingerprint density at radius 3 is 2.29 bits per heavy atom. The molecule has 0 radical (unpaired) electrons. The van der Waals surface area contributed by atoms with Crippen LogP contribution in [-0.4, -0.2) is 38.6 Å². The van der Waals surface area contributed by atoms with Crippen LogP contribution in [0.25, 0.3) is 0 Å². The smallest absolute Gasteiger partial charge is 0.323 e. The molecule has 0 atom stereocenters. The summed E-state index contributed by atoms with van der Waals surface area (Å²) in [5.41, 5.74) is 2.43. The van der Waals surface area contributed by atoms with Crippen LogP contribution in [0.2, 0.25) is 0 Å². The quantitative estimate of drug-likeness (QED) is 0.472. The van der Waals surface area contributed by atoms with Gasteiger partial charge in [0.2, 0.25) is 11.9 Å². The van der Waals surface area contributed by atoms with Crippen LogP contribution in [0.1, 0.15) is 40.5 Å². The molecule has 7 nitrogen and oxygen atoms in total. The highest BCUT2D eigenvalue weighted by molar-refractivity contribution is 8.00. The van der Waals surface area contributed by atoms with E-state index in [0.29, 0.717) is 5.95 Å². The fourth-order valence-corrected chi connectivity index (χ4v) is 2.66. The lowest BCUT2D eigenvalue weighted by Gasteiger charge is -2.29. The lowest BCUT2D eigenvalue weighted by Crippen LogP contribution is -2.32. The number of nitrogen functional groups attached to an aromatic ring is 1. The van der Waals surface area contributed by atoms with Gasteiger partial charge in [-0.2, -0.15) is 26.7 Å². The number of aromatic nitrogens is 3. The zero-order chi connectivity index (χ0) is 15.9. The Balaban J connectivity index is 2.86. The highest BCUT2D eigenvalue weighted by atomic mass is 32.2. The minimum atomic E-state index is -0.0116. The molecule has 0 bridgehead atoms. The highest BCUT2D eigenvalue weighted by Gasteiger charge is 2.25. The molecule has 0 saturated carbocycles. The third-order valence-electron chi connectivity index (χ3n) is 3.38. The van der Waals surface area contributed by atoms with E-state index in [0.717, 1.165) is 19.4 Å². The number of nitrogens with zero attached hydrogens (tertiary/aromatic N) is 3. The van der Waals surface area contributed by atoms with E-state index >= 15 is 0 Å². The van der Waals surface area contributed by atoms with Crippen molar-refractivity contribution < 1.29 is 4.74 Å². The van der Waals surface area contributed by atoms with E-state index in [9.17, 15) is 0 Å². The summed E-state index contributed by atoms with van der Waals surface area (Å²) in [7, 11) is 0. The normalized spacial score (nSPS) is 11.6. The zero-order valence-electron chi connectivity index (χ0n) is 13.4. The van der Waals surface area contributed by atoms with Gasteiger partial charge in [-0.05, 0) is 32.9 Å².